The van der Waals surface area contributed by atoms with Crippen LogP contribution in [0.3, 0.4) is 0 Å². The molecule has 0 aliphatic carbocycles. The number of hydrogen-bond donors (Lipinski definition) is 2. The minimum absolute atomic E-state index is 0. The number of nitrogens with zero attached hydrogens (tertiary/aromatic N) is 2. The van der Waals surface area contributed by atoms with Crippen molar-refractivity contribution in [1.29, 1.82) is 0 Å². The zero-order valence-corrected chi connectivity index (χ0v) is 13.7. The van der Waals surface area contributed by atoms with Crippen LogP contribution in [0.1, 0.15) is 17.2 Å². The molecule has 1 aromatic heterocycles. The summed E-state index contributed by atoms with van der Waals surface area (Å²) < 4.78 is 6.84. The average Bonchev–Trinajstić information content (AvgIpc) is 2.92. The molecule has 1 unspecified atom stereocenters. The number of hydrogen-bond acceptors (Lipinski definition) is 4. The Hall–Kier alpha value is -2.05. The van der Waals surface area contributed by atoms with Gasteiger partial charge in [0.05, 0.1) is 13.3 Å². The molecule has 0 fully saturated rings. The van der Waals surface area contributed by atoms with Gasteiger partial charge in [-0.25, -0.2) is 0 Å². The van der Waals surface area contributed by atoms with Gasteiger partial charge in [0.15, 0.2) is 0 Å². The molecule has 0 bridgehead atoms. The van der Waals surface area contributed by atoms with Gasteiger partial charge in [-0.2, -0.15) is 5.10 Å². The number of likely N-dealkylation sites (N-methyl/N-ethyl adjacent to an activating group) is 1. The number of amides is 1. The summed E-state index contributed by atoms with van der Waals surface area (Å²) in [5.41, 5.74) is 1.83. The molecule has 1 amide bonds. The lowest BCUT2D eigenvalue weighted by molar-refractivity contribution is -0.123. The summed E-state index contributed by atoms with van der Waals surface area (Å²) in [4.78, 5) is 12.3. The zero-order chi connectivity index (χ0) is 15.2. The van der Waals surface area contributed by atoms with Crippen molar-refractivity contribution in [1.82, 2.24) is 20.4 Å². The van der Waals surface area contributed by atoms with E-state index in [0.29, 0.717) is 6.54 Å². The van der Waals surface area contributed by atoms with Crippen molar-refractivity contribution in [2.75, 3.05) is 14.2 Å². The molecule has 1 heterocycles. The lowest BCUT2D eigenvalue weighted by Gasteiger charge is -2.14. The molecule has 1 atom stereocenters. The first-order valence-electron chi connectivity index (χ1n) is 6.70. The summed E-state index contributed by atoms with van der Waals surface area (Å²) in [6, 6.07) is 7.21. The van der Waals surface area contributed by atoms with E-state index in [1.807, 2.05) is 37.5 Å². The Labute approximate surface area is 136 Å². The number of halogens is 1. The third-order valence-corrected chi connectivity index (χ3v) is 3.21. The van der Waals surface area contributed by atoms with Crippen LogP contribution in [0.5, 0.6) is 5.75 Å². The summed E-state index contributed by atoms with van der Waals surface area (Å²) in [6.45, 7) is 0.453. The highest BCUT2D eigenvalue weighted by Crippen LogP contribution is 2.14. The number of aryl methyl sites for hydroxylation is 1. The number of ether oxygens (including phenoxy) is 1. The van der Waals surface area contributed by atoms with Crippen LogP contribution >= 0.6 is 12.4 Å². The molecule has 2 N–H and O–H groups in total. The van der Waals surface area contributed by atoms with Crippen molar-refractivity contribution < 1.29 is 9.53 Å². The quantitative estimate of drug-likeness (QED) is 0.843. The summed E-state index contributed by atoms with van der Waals surface area (Å²) >= 11 is 0. The Morgan fingerprint density at radius 3 is 2.82 bits per heavy atom. The van der Waals surface area contributed by atoms with Crippen LogP contribution in [0.4, 0.5) is 0 Å². The topological polar surface area (TPSA) is 68.2 Å². The summed E-state index contributed by atoms with van der Waals surface area (Å²) in [5, 5.41) is 10.0. The second kappa shape index (κ2) is 8.41. The second-order valence-corrected chi connectivity index (χ2v) is 4.74. The van der Waals surface area contributed by atoms with E-state index < -0.39 is 6.04 Å². The highest BCUT2D eigenvalue weighted by atomic mass is 35.5. The third kappa shape index (κ3) is 4.47. The molecule has 0 aliphatic rings. The minimum Gasteiger partial charge on any atom is -0.497 e. The standard InChI is InChI=1S/C15H20N4O2.ClH/c1-16-14(12-9-18-19(2)10-12)15(20)17-8-11-5-4-6-13(7-11)21-3;/h4-7,9-10,14,16H,8H2,1-3H3,(H,17,20);1H. The molecule has 0 aliphatic heterocycles. The molecular formula is C15H21ClN4O2. The van der Waals surface area contributed by atoms with E-state index >= 15 is 0 Å². The first kappa shape index (κ1) is 18.0. The van der Waals surface area contributed by atoms with Crippen LogP contribution in [0, 0.1) is 0 Å². The van der Waals surface area contributed by atoms with E-state index in [1.165, 1.54) is 0 Å². The average molecular weight is 325 g/mol. The van der Waals surface area contributed by atoms with Crippen molar-refractivity contribution >= 4 is 18.3 Å². The van der Waals surface area contributed by atoms with E-state index in [-0.39, 0.29) is 18.3 Å². The van der Waals surface area contributed by atoms with Crippen molar-refractivity contribution in [3.05, 3.63) is 47.8 Å². The first-order valence-corrected chi connectivity index (χ1v) is 6.70. The second-order valence-electron chi connectivity index (χ2n) is 4.74. The van der Waals surface area contributed by atoms with Gasteiger partial charge in [0.25, 0.3) is 0 Å². The van der Waals surface area contributed by atoms with Crippen LogP contribution < -0.4 is 15.4 Å². The van der Waals surface area contributed by atoms with Gasteiger partial charge >= 0.3 is 0 Å². The monoisotopic (exact) mass is 324 g/mol. The summed E-state index contributed by atoms with van der Waals surface area (Å²) in [7, 11) is 5.20. The van der Waals surface area contributed by atoms with E-state index in [1.54, 1.807) is 25.0 Å². The number of rotatable bonds is 6. The van der Waals surface area contributed by atoms with Gasteiger partial charge in [-0.15, -0.1) is 12.4 Å². The SMILES string of the molecule is CNC(C(=O)NCc1cccc(OC)c1)c1cnn(C)c1.Cl. The van der Waals surface area contributed by atoms with Gasteiger partial charge in [0, 0.05) is 25.4 Å². The maximum absolute atomic E-state index is 12.3. The maximum atomic E-state index is 12.3. The highest BCUT2D eigenvalue weighted by Gasteiger charge is 2.19. The molecular weight excluding hydrogens is 304 g/mol. The Morgan fingerprint density at radius 2 is 2.23 bits per heavy atom. The first-order chi connectivity index (χ1) is 10.1. The highest BCUT2D eigenvalue weighted by molar-refractivity contribution is 5.85. The molecule has 7 heteroatoms. The fourth-order valence-electron chi connectivity index (χ4n) is 2.11. The number of carbonyl (C=O) groups is 1. The fourth-order valence-corrected chi connectivity index (χ4v) is 2.11. The molecule has 0 radical (unpaired) electrons. The number of aromatic nitrogens is 2. The van der Waals surface area contributed by atoms with Gasteiger partial charge in [0.2, 0.25) is 5.91 Å². The van der Waals surface area contributed by atoms with Crippen LogP contribution in [-0.2, 0) is 18.4 Å². The maximum Gasteiger partial charge on any atom is 0.242 e. The van der Waals surface area contributed by atoms with Gasteiger partial charge in [-0.3, -0.25) is 9.48 Å². The van der Waals surface area contributed by atoms with E-state index in [4.69, 9.17) is 4.74 Å². The van der Waals surface area contributed by atoms with Gasteiger partial charge in [-0.1, -0.05) is 12.1 Å². The molecule has 0 saturated heterocycles. The Morgan fingerprint density at radius 1 is 1.45 bits per heavy atom. The van der Waals surface area contributed by atoms with E-state index in [9.17, 15) is 4.79 Å². The summed E-state index contributed by atoms with van der Waals surface area (Å²) in [6.07, 6.45) is 3.51. The number of carbonyl (C=O) groups excluding carboxylic acids is 1. The minimum atomic E-state index is -0.413. The van der Waals surface area contributed by atoms with Crippen LogP contribution in [0.25, 0.3) is 0 Å². The number of methoxy groups -OCH3 is 1. The van der Waals surface area contributed by atoms with Crippen molar-refractivity contribution in [3.63, 3.8) is 0 Å². The predicted molar refractivity (Wildman–Crippen MR) is 87.1 cm³/mol. The predicted octanol–water partition coefficient (Wildman–Crippen LogP) is 1.43. The Bertz CT molecular complexity index is 615. The lowest BCUT2D eigenvalue weighted by atomic mass is 10.1. The normalized spacial score (nSPS) is 11.4. The van der Waals surface area contributed by atoms with Crippen LogP contribution in [0.2, 0.25) is 0 Å². The van der Waals surface area contributed by atoms with Crippen LogP contribution in [-0.4, -0.2) is 29.8 Å². The Balaban J connectivity index is 0.00000242. The third-order valence-electron chi connectivity index (χ3n) is 3.21. The number of benzene rings is 1. The Kier molecular flexibility index (Phi) is 6.88. The molecule has 0 spiro atoms. The summed E-state index contributed by atoms with van der Waals surface area (Å²) in [5.74, 6) is 0.687. The van der Waals surface area contributed by atoms with Crippen molar-refractivity contribution in [2.45, 2.75) is 12.6 Å². The zero-order valence-electron chi connectivity index (χ0n) is 12.9. The molecule has 2 aromatic rings. The van der Waals surface area contributed by atoms with E-state index in [2.05, 4.69) is 15.7 Å². The van der Waals surface area contributed by atoms with Gasteiger partial charge < -0.3 is 15.4 Å². The molecule has 2 rings (SSSR count). The van der Waals surface area contributed by atoms with E-state index in [0.717, 1.165) is 16.9 Å². The van der Waals surface area contributed by atoms with Gasteiger partial charge in [0.1, 0.15) is 11.8 Å². The lowest BCUT2D eigenvalue weighted by Crippen LogP contribution is -2.35. The largest absolute Gasteiger partial charge is 0.497 e. The smallest absolute Gasteiger partial charge is 0.242 e. The molecule has 120 valence electrons. The van der Waals surface area contributed by atoms with Crippen LogP contribution in [0.15, 0.2) is 36.7 Å². The fraction of sp³-hybridized carbons (Fsp3) is 0.333. The van der Waals surface area contributed by atoms with Gasteiger partial charge in [-0.05, 0) is 24.7 Å². The molecule has 22 heavy (non-hydrogen) atoms. The molecule has 6 nitrogen and oxygen atoms in total. The molecule has 0 saturated carbocycles. The number of nitrogens with one attached hydrogen (secondary N) is 2. The molecule has 1 aromatic carbocycles. The van der Waals surface area contributed by atoms with Crippen molar-refractivity contribution in [2.24, 2.45) is 7.05 Å². The van der Waals surface area contributed by atoms with Crippen molar-refractivity contribution in [3.8, 4) is 5.75 Å².